The van der Waals surface area contributed by atoms with Gasteiger partial charge in [-0.15, -0.1) is 0 Å². The van der Waals surface area contributed by atoms with Crippen LogP contribution in [0, 0.1) is 0 Å². The van der Waals surface area contributed by atoms with Crippen molar-refractivity contribution in [3.05, 3.63) is 47.4 Å². The summed E-state index contributed by atoms with van der Waals surface area (Å²) in [4.78, 5) is 12.3. The third-order valence-electron chi connectivity index (χ3n) is 3.05. The van der Waals surface area contributed by atoms with Crippen molar-refractivity contribution in [2.24, 2.45) is 0 Å². The number of pyridine rings is 1. The molecule has 0 aliphatic carbocycles. The molecule has 1 N–H and O–H groups in total. The number of nitrogens with zero attached hydrogens (tertiary/aromatic N) is 2. The Morgan fingerprint density at radius 3 is 2.89 bits per heavy atom. The van der Waals surface area contributed by atoms with Crippen LogP contribution in [0.15, 0.2) is 36.5 Å². The molecule has 0 unspecified atom stereocenters. The van der Waals surface area contributed by atoms with Crippen LogP contribution in [0.3, 0.4) is 0 Å². The molecule has 1 aromatic carbocycles. The van der Waals surface area contributed by atoms with Crippen LogP contribution in [-0.2, 0) is 6.42 Å². The highest BCUT2D eigenvalue weighted by Gasteiger charge is 2.08. The average Bonchev–Trinajstić information content (AvgIpc) is 2.81. The van der Waals surface area contributed by atoms with E-state index in [0.717, 1.165) is 41.0 Å². The zero-order chi connectivity index (χ0) is 13.2. The molecule has 0 fully saturated rings. The minimum Gasteiger partial charge on any atom is -0.341 e. The summed E-state index contributed by atoms with van der Waals surface area (Å²) < 4.78 is 0. The second-order valence-electron chi connectivity index (χ2n) is 4.50. The van der Waals surface area contributed by atoms with Crippen LogP contribution in [0.25, 0.3) is 22.3 Å². The average molecular weight is 272 g/mol. The molecule has 2 aromatic heterocycles. The Balaban J connectivity index is 2.08. The zero-order valence-electron chi connectivity index (χ0n) is 10.7. The van der Waals surface area contributed by atoms with E-state index >= 15 is 0 Å². The van der Waals surface area contributed by atoms with Gasteiger partial charge < -0.3 is 4.98 Å². The molecule has 0 aliphatic rings. The van der Waals surface area contributed by atoms with Crippen LogP contribution in [0.5, 0.6) is 0 Å². The van der Waals surface area contributed by atoms with Crippen molar-refractivity contribution in [1.29, 1.82) is 0 Å². The second-order valence-corrected chi connectivity index (χ2v) is 4.91. The summed E-state index contributed by atoms with van der Waals surface area (Å²) in [7, 11) is 0. The highest BCUT2D eigenvalue weighted by atomic mass is 35.5. The number of fused-ring (bicyclic) bond motifs is 1. The van der Waals surface area contributed by atoms with Gasteiger partial charge in [0.15, 0.2) is 0 Å². The number of aromatic nitrogens is 3. The molecule has 4 heteroatoms. The first-order chi connectivity index (χ1) is 9.28. The number of nitrogens with one attached hydrogen (secondary N) is 1. The van der Waals surface area contributed by atoms with Crippen LogP contribution in [0.1, 0.15) is 19.2 Å². The number of aryl methyl sites for hydroxylation is 1. The van der Waals surface area contributed by atoms with Gasteiger partial charge in [-0.2, -0.15) is 0 Å². The lowest BCUT2D eigenvalue weighted by Crippen LogP contribution is -1.84. The number of aromatic amines is 1. The van der Waals surface area contributed by atoms with Gasteiger partial charge in [-0.3, -0.25) is 4.98 Å². The number of hydrogen-bond donors (Lipinski definition) is 1. The third-order valence-corrected chi connectivity index (χ3v) is 3.38. The Labute approximate surface area is 116 Å². The first kappa shape index (κ1) is 12.2. The van der Waals surface area contributed by atoms with Crippen molar-refractivity contribution in [3.63, 3.8) is 0 Å². The molecule has 19 heavy (non-hydrogen) atoms. The lowest BCUT2D eigenvalue weighted by molar-refractivity contribution is 0.861. The van der Waals surface area contributed by atoms with Gasteiger partial charge in [0.25, 0.3) is 0 Å². The van der Waals surface area contributed by atoms with Gasteiger partial charge >= 0.3 is 0 Å². The number of rotatable bonds is 3. The van der Waals surface area contributed by atoms with Crippen LogP contribution in [-0.4, -0.2) is 15.0 Å². The van der Waals surface area contributed by atoms with Crippen molar-refractivity contribution in [2.45, 2.75) is 19.8 Å². The smallest absolute Gasteiger partial charge is 0.107 e. The van der Waals surface area contributed by atoms with Crippen molar-refractivity contribution < 1.29 is 0 Å². The number of H-pyrrole nitrogens is 1. The molecule has 3 nitrogen and oxygen atoms in total. The highest BCUT2D eigenvalue weighted by Crippen LogP contribution is 2.27. The fourth-order valence-corrected chi connectivity index (χ4v) is 2.37. The molecule has 3 aromatic rings. The summed E-state index contributed by atoms with van der Waals surface area (Å²) in [5.41, 5.74) is 3.70. The molecule has 3 rings (SSSR count). The maximum atomic E-state index is 6.20. The van der Waals surface area contributed by atoms with E-state index in [-0.39, 0.29) is 0 Å². The summed E-state index contributed by atoms with van der Waals surface area (Å²) in [5, 5.41) is 0.707. The molecule has 0 bridgehead atoms. The minimum absolute atomic E-state index is 0.707. The van der Waals surface area contributed by atoms with Gasteiger partial charge in [0, 0.05) is 17.0 Å². The van der Waals surface area contributed by atoms with E-state index in [1.165, 1.54) is 0 Å². The van der Waals surface area contributed by atoms with Gasteiger partial charge in [0.1, 0.15) is 5.82 Å². The minimum atomic E-state index is 0.707. The molecule has 0 saturated carbocycles. The first-order valence-electron chi connectivity index (χ1n) is 6.37. The van der Waals surface area contributed by atoms with Gasteiger partial charge in [-0.05, 0) is 18.6 Å². The third kappa shape index (κ3) is 2.34. The largest absolute Gasteiger partial charge is 0.341 e. The summed E-state index contributed by atoms with van der Waals surface area (Å²) in [6, 6.07) is 9.69. The van der Waals surface area contributed by atoms with Crippen molar-refractivity contribution in [2.75, 3.05) is 0 Å². The molecule has 0 saturated heterocycles. The molecule has 2 heterocycles. The maximum absolute atomic E-state index is 6.20. The normalized spacial score (nSPS) is 11.1. The first-order valence-corrected chi connectivity index (χ1v) is 6.75. The monoisotopic (exact) mass is 271 g/mol. The number of halogens is 1. The molecule has 0 aliphatic heterocycles. The van der Waals surface area contributed by atoms with E-state index in [1.807, 2.05) is 36.5 Å². The Bertz CT molecular complexity index is 718. The molecular formula is C15H14ClN3. The SMILES string of the molecule is CCCc1nc2cc(-c3ccccc3Cl)ncc2[nH]1. The highest BCUT2D eigenvalue weighted by molar-refractivity contribution is 6.33. The van der Waals surface area contributed by atoms with E-state index in [9.17, 15) is 0 Å². The summed E-state index contributed by atoms with van der Waals surface area (Å²) in [6.45, 7) is 2.14. The molecule has 0 spiro atoms. The van der Waals surface area contributed by atoms with Gasteiger partial charge in [0.05, 0.1) is 22.9 Å². The zero-order valence-corrected chi connectivity index (χ0v) is 11.4. The maximum Gasteiger partial charge on any atom is 0.107 e. The Kier molecular flexibility index (Phi) is 3.22. The van der Waals surface area contributed by atoms with E-state index in [0.29, 0.717) is 5.02 Å². The van der Waals surface area contributed by atoms with E-state index < -0.39 is 0 Å². The number of imidazole rings is 1. The Morgan fingerprint density at radius 1 is 1.26 bits per heavy atom. The lowest BCUT2D eigenvalue weighted by atomic mass is 10.1. The van der Waals surface area contributed by atoms with E-state index in [1.54, 1.807) is 0 Å². The topological polar surface area (TPSA) is 41.6 Å². The van der Waals surface area contributed by atoms with Gasteiger partial charge in [-0.1, -0.05) is 36.7 Å². The molecule has 0 radical (unpaired) electrons. The standard InChI is InChI=1S/C15H14ClN3/c1-2-5-15-18-13-8-12(17-9-14(13)19-15)10-6-3-4-7-11(10)16/h3-4,6-9H,2,5H2,1H3,(H,18,19). The number of benzene rings is 1. The van der Waals surface area contributed by atoms with Crippen LogP contribution in [0.2, 0.25) is 5.02 Å². The Morgan fingerprint density at radius 2 is 2.11 bits per heavy atom. The summed E-state index contributed by atoms with van der Waals surface area (Å²) in [5.74, 6) is 1.01. The quantitative estimate of drug-likeness (QED) is 0.774. The lowest BCUT2D eigenvalue weighted by Gasteiger charge is -2.02. The predicted molar refractivity (Wildman–Crippen MR) is 78.3 cm³/mol. The van der Waals surface area contributed by atoms with Crippen LogP contribution >= 0.6 is 11.6 Å². The van der Waals surface area contributed by atoms with Crippen molar-refractivity contribution >= 4 is 22.6 Å². The molecule has 0 atom stereocenters. The second kappa shape index (κ2) is 5.02. The van der Waals surface area contributed by atoms with E-state index in [4.69, 9.17) is 11.6 Å². The fourth-order valence-electron chi connectivity index (χ4n) is 2.13. The summed E-state index contributed by atoms with van der Waals surface area (Å²) in [6.07, 6.45) is 3.85. The van der Waals surface area contributed by atoms with Crippen LogP contribution < -0.4 is 0 Å². The van der Waals surface area contributed by atoms with Crippen molar-refractivity contribution in [3.8, 4) is 11.3 Å². The van der Waals surface area contributed by atoms with Crippen molar-refractivity contribution in [1.82, 2.24) is 15.0 Å². The van der Waals surface area contributed by atoms with Crippen LogP contribution in [0.4, 0.5) is 0 Å². The van der Waals surface area contributed by atoms with E-state index in [2.05, 4.69) is 21.9 Å². The fraction of sp³-hybridized carbons (Fsp3) is 0.200. The van der Waals surface area contributed by atoms with Gasteiger partial charge in [-0.25, -0.2) is 4.98 Å². The summed E-state index contributed by atoms with van der Waals surface area (Å²) >= 11 is 6.20. The number of hydrogen-bond acceptors (Lipinski definition) is 2. The van der Waals surface area contributed by atoms with Gasteiger partial charge in [0.2, 0.25) is 0 Å². The predicted octanol–water partition coefficient (Wildman–Crippen LogP) is 4.23. The Hall–Kier alpha value is -1.87. The molecule has 0 amide bonds. The molecular weight excluding hydrogens is 258 g/mol. The molecule has 96 valence electrons.